The minimum Gasteiger partial charge on any atom is -0.507 e. The second kappa shape index (κ2) is 6.42. The maximum atomic E-state index is 10.8. The first-order chi connectivity index (χ1) is 12.5. The van der Waals surface area contributed by atoms with E-state index in [4.69, 9.17) is 0 Å². The second-order valence-electron chi connectivity index (χ2n) is 7.64. The number of phenols is 1. The Balaban J connectivity index is 2.17. The van der Waals surface area contributed by atoms with E-state index in [1.54, 1.807) is 0 Å². The minimum absolute atomic E-state index is 0.00658. The van der Waals surface area contributed by atoms with Gasteiger partial charge in [-0.15, -0.1) is 0 Å². The highest BCUT2D eigenvalue weighted by Crippen LogP contribution is 2.57. The van der Waals surface area contributed by atoms with Crippen LogP contribution in [-0.4, -0.2) is 5.11 Å². The van der Waals surface area contributed by atoms with Crippen LogP contribution in [0.5, 0.6) is 5.75 Å². The molecule has 3 aromatic carbocycles. The molecule has 0 saturated carbocycles. The van der Waals surface area contributed by atoms with E-state index in [2.05, 4.69) is 73.1 Å². The van der Waals surface area contributed by atoms with Crippen molar-refractivity contribution in [1.82, 2.24) is 0 Å². The fourth-order valence-electron chi connectivity index (χ4n) is 4.98. The van der Waals surface area contributed by atoms with Gasteiger partial charge in [0.05, 0.1) is 0 Å². The summed E-state index contributed by atoms with van der Waals surface area (Å²) >= 11 is 3.69. The molecule has 1 aliphatic carbocycles. The van der Waals surface area contributed by atoms with Gasteiger partial charge in [-0.3, -0.25) is 0 Å². The summed E-state index contributed by atoms with van der Waals surface area (Å²) in [7, 11) is 0. The summed E-state index contributed by atoms with van der Waals surface area (Å²) in [5.74, 6) is 0.405. The Bertz CT molecular complexity index is 997. The molecule has 1 aliphatic rings. The number of aryl methyl sites for hydroxylation is 1. The number of halogens is 1. The SMILES string of the molecule is CCCC1(CCC)c2cc(Br)ccc2-c2c1cc(O)c1ccc(C)cc21. The van der Waals surface area contributed by atoms with E-state index in [9.17, 15) is 5.11 Å². The highest BCUT2D eigenvalue weighted by Gasteiger charge is 2.43. The van der Waals surface area contributed by atoms with Gasteiger partial charge in [0.15, 0.2) is 0 Å². The van der Waals surface area contributed by atoms with Crippen LogP contribution in [0, 0.1) is 6.92 Å². The normalized spacial score (nSPS) is 14.5. The van der Waals surface area contributed by atoms with Gasteiger partial charge in [-0.05, 0) is 65.6 Å². The molecule has 26 heavy (non-hydrogen) atoms. The lowest BCUT2D eigenvalue weighted by molar-refractivity contribution is 0.430. The van der Waals surface area contributed by atoms with Gasteiger partial charge in [0.2, 0.25) is 0 Å². The van der Waals surface area contributed by atoms with Gasteiger partial charge in [0.1, 0.15) is 5.75 Å². The van der Waals surface area contributed by atoms with Crippen molar-refractivity contribution in [3.05, 3.63) is 63.6 Å². The molecule has 0 bridgehead atoms. The summed E-state index contributed by atoms with van der Waals surface area (Å²) in [6.07, 6.45) is 4.46. The molecule has 1 N–H and O–H groups in total. The lowest BCUT2D eigenvalue weighted by Gasteiger charge is -2.32. The quantitative estimate of drug-likeness (QED) is 0.473. The van der Waals surface area contributed by atoms with Crippen LogP contribution < -0.4 is 0 Å². The largest absolute Gasteiger partial charge is 0.507 e. The first kappa shape index (κ1) is 17.6. The van der Waals surface area contributed by atoms with Crippen LogP contribution in [0.3, 0.4) is 0 Å². The topological polar surface area (TPSA) is 20.2 Å². The average molecular weight is 409 g/mol. The molecular formula is C24H25BrO. The molecular weight excluding hydrogens is 384 g/mol. The van der Waals surface area contributed by atoms with Crippen molar-refractivity contribution in [1.29, 1.82) is 0 Å². The maximum absolute atomic E-state index is 10.8. The highest BCUT2D eigenvalue weighted by molar-refractivity contribution is 9.10. The van der Waals surface area contributed by atoms with Crippen molar-refractivity contribution in [2.24, 2.45) is 0 Å². The third kappa shape index (κ3) is 2.42. The molecule has 0 heterocycles. The molecule has 0 amide bonds. The Hall–Kier alpha value is -1.80. The molecule has 0 radical (unpaired) electrons. The van der Waals surface area contributed by atoms with E-state index in [0.717, 1.165) is 35.5 Å². The van der Waals surface area contributed by atoms with Crippen molar-refractivity contribution in [2.75, 3.05) is 0 Å². The number of fused-ring (bicyclic) bond motifs is 5. The lowest BCUT2D eigenvalue weighted by atomic mass is 9.71. The summed E-state index contributed by atoms with van der Waals surface area (Å²) < 4.78 is 1.13. The number of rotatable bonds is 4. The van der Waals surface area contributed by atoms with Crippen LogP contribution in [0.25, 0.3) is 21.9 Å². The summed E-state index contributed by atoms with van der Waals surface area (Å²) in [4.78, 5) is 0. The predicted molar refractivity (Wildman–Crippen MR) is 114 cm³/mol. The van der Waals surface area contributed by atoms with Crippen LogP contribution in [0.2, 0.25) is 0 Å². The lowest BCUT2D eigenvalue weighted by Crippen LogP contribution is -2.25. The summed E-state index contributed by atoms with van der Waals surface area (Å²) in [6, 6.07) is 15.1. The monoisotopic (exact) mass is 408 g/mol. The number of hydrogen-bond donors (Lipinski definition) is 1. The van der Waals surface area contributed by atoms with Gasteiger partial charge >= 0.3 is 0 Å². The molecule has 4 rings (SSSR count). The van der Waals surface area contributed by atoms with Crippen molar-refractivity contribution in [2.45, 2.75) is 51.9 Å². The predicted octanol–water partition coefficient (Wildman–Crippen LogP) is 7.48. The Kier molecular flexibility index (Phi) is 4.35. The number of phenolic OH excluding ortho intramolecular Hbond substituents is 1. The zero-order valence-electron chi connectivity index (χ0n) is 15.7. The molecule has 2 heteroatoms. The van der Waals surface area contributed by atoms with Gasteiger partial charge in [-0.2, -0.15) is 0 Å². The number of aromatic hydroxyl groups is 1. The molecule has 1 nitrogen and oxygen atoms in total. The molecule has 0 aliphatic heterocycles. The van der Waals surface area contributed by atoms with Crippen molar-refractivity contribution in [3.63, 3.8) is 0 Å². The molecule has 3 aromatic rings. The van der Waals surface area contributed by atoms with Crippen molar-refractivity contribution < 1.29 is 5.11 Å². The van der Waals surface area contributed by atoms with Crippen LogP contribution in [0.1, 0.15) is 56.2 Å². The molecule has 0 saturated heterocycles. The third-order valence-electron chi connectivity index (χ3n) is 5.91. The molecule has 0 atom stereocenters. The summed E-state index contributed by atoms with van der Waals surface area (Å²) in [5.41, 5.74) is 6.61. The van der Waals surface area contributed by atoms with E-state index in [1.807, 2.05) is 6.07 Å². The minimum atomic E-state index is -0.00658. The first-order valence-electron chi connectivity index (χ1n) is 9.59. The highest BCUT2D eigenvalue weighted by atomic mass is 79.9. The summed E-state index contributed by atoms with van der Waals surface area (Å²) in [6.45, 7) is 6.65. The van der Waals surface area contributed by atoms with Gasteiger partial charge in [0, 0.05) is 15.3 Å². The number of benzene rings is 3. The standard InChI is InChI=1S/C24H25BrO/c1-4-10-24(11-5-2)20-13-16(25)7-9-18(20)23-19-12-15(3)6-8-17(19)22(26)14-21(23)24/h6-9,12-14,26H,4-5,10-11H2,1-3H3. The fourth-order valence-corrected chi connectivity index (χ4v) is 5.34. The van der Waals surface area contributed by atoms with Crippen LogP contribution in [0.15, 0.2) is 46.9 Å². The van der Waals surface area contributed by atoms with E-state index < -0.39 is 0 Å². The molecule has 0 unspecified atom stereocenters. The smallest absolute Gasteiger partial charge is 0.123 e. The third-order valence-corrected chi connectivity index (χ3v) is 6.40. The van der Waals surface area contributed by atoms with E-state index >= 15 is 0 Å². The van der Waals surface area contributed by atoms with Crippen molar-refractivity contribution in [3.8, 4) is 16.9 Å². The Labute approximate surface area is 164 Å². The summed E-state index contributed by atoms with van der Waals surface area (Å²) in [5, 5.41) is 12.9. The molecule has 0 spiro atoms. The molecule has 0 aromatic heterocycles. The Morgan fingerprint density at radius 3 is 2.31 bits per heavy atom. The number of hydrogen-bond acceptors (Lipinski definition) is 1. The second-order valence-corrected chi connectivity index (χ2v) is 8.55. The first-order valence-corrected chi connectivity index (χ1v) is 10.4. The Morgan fingerprint density at radius 2 is 1.62 bits per heavy atom. The van der Waals surface area contributed by atoms with Gasteiger partial charge in [-0.25, -0.2) is 0 Å². The van der Waals surface area contributed by atoms with E-state index in [0.29, 0.717) is 5.75 Å². The van der Waals surface area contributed by atoms with Gasteiger partial charge in [-0.1, -0.05) is 72.4 Å². The Morgan fingerprint density at radius 1 is 0.885 bits per heavy atom. The van der Waals surface area contributed by atoms with E-state index in [-0.39, 0.29) is 5.41 Å². The van der Waals surface area contributed by atoms with Crippen LogP contribution in [0.4, 0.5) is 0 Å². The molecule has 0 fully saturated rings. The average Bonchev–Trinajstić information content (AvgIpc) is 2.85. The maximum Gasteiger partial charge on any atom is 0.123 e. The van der Waals surface area contributed by atoms with Crippen LogP contribution >= 0.6 is 15.9 Å². The zero-order chi connectivity index (χ0) is 18.5. The fraction of sp³-hybridized carbons (Fsp3) is 0.333. The zero-order valence-corrected chi connectivity index (χ0v) is 17.3. The van der Waals surface area contributed by atoms with Gasteiger partial charge in [0.25, 0.3) is 0 Å². The van der Waals surface area contributed by atoms with Crippen LogP contribution in [-0.2, 0) is 5.41 Å². The van der Waals surface area contributed by atoms with E-state index in [1.165, 1.54) is 33.2 Å². The van der Waals surface area contributed by atoms with Gasteiger partial charge < -0.3 is 5.11 Å². The van der Waals surface area contributed by atoms with Crippen molar-refractivity contribution >= 4 is 26.7 Å². The molecule has 134 valence electrons.